The second-order valence-corrected chi connectivity index (χ2v) is 7.56. The lowest BCUT2D eigenvalue weighted by Gasteiger charge is -2.45. The first kappa shape index (κ1) is 16.3. The molecular weight excluding hydrogens is 334 g/mol. The van der Waals surface area contributed by atoms with Gasteiger partial charge in [-0.1, -0.05) is 6.07 Å². The van der Waals surface area contributed by atoms with Crippen molar-refractivity contribution in [3.63, 3.8) is 0 Å². The summed E-state index contributed by atoms with van der Waals surface area (Å²) in [6, 6.07) is 2.86. The van der Waals surface area contributed by atoms with Crippen molar-refractivity contribution in [1.82, 2.24) is 15.1 Å². The molecule has 2 fully saturated rings. The highest BCUT2D eigenvalue weighted by Gasteiger charge is 2.44. The van der Waals surface area contributed by atoms with Crippen LogP contribution in [0.3, 0.4) is 0 Å². The molecule has 2 saturated heterocycles. The predicted octanol–water partition coefficient (Wildman–Crippen LogP) is 0.191. The first-order chi connectivity index (χ1) is 11.1. The minimum atomic E-state index is -0.554. The molecule has 0 saturated carbocycles. The van der Waals surface area contributed by atoms with Crippen LogP contribution >= 0.6 is 23.1 Å². The van der Waals surface area contributed by atoms with Crippen molar-refractivity contribution in [2.24, 2.45) is 0 Å². The number of carbonyl (C=O) groups is 3. The zero-order chi connectivity index (χ0) is 16.4. The predicted molar refractivity (Wildman–Crippen MR) is 90.4 cm³/mol. The Balaban J connectivity index is 1.68. The van der Waals surface area contributed by atoms with Crippen LogP contribution in [0, 0.1) is 0 Å². The average molecular weight is 353 g/mol. The number of hydrogen-bond donors (Lipinski definition) is 1. The minimum Gasteiger partial charge on any atom is -0.342 e. The van der Waals surface area contributed by atoms with E-state index in [0.29, 0.717) is 31.8 Å². The topological polar surface area (TPSA) is 69.7 Å². The first-order valence-electron chi connectivity index (χ1n) is 7.50. The lowest BCUT2D eigenvalue weighted by molar-refractivity contribution is -0.155. The third kappa shape index (κ3) is 3.37. The molecule has 6 nitrogen and oxygen atoms in total. The number of hydrogen-bond acceptors (Lipinski definition) is 5. The number of thiophene rings is 1. The Morgan fingerprint density at radius 1 is 1.43 bits per heavy atom. The second kappa shape index (κ2) is 6.92. The van der Waals surface area contributed by atoms with Crippen molar-refractivity contribution in [1.29, 1.82) is 0 Å². The van der Waals surface area contributed by atoms with Gasteiger partial charge in [0.25, 0.3) is 0 Å². The number of nitrogens with zero attached hydrogens (tertiary/aromatic N) is 2. The van der Waals surface area contributed by atoms with E-state index >= 15 is 0 Å². The molecule has 124 valence electrons. The fraction of sp³-hybridized carbons (Fsp3) is 0.533. The van der Waals surface area contributed by atoms with Gasteiger partial charge in [-0.2, -0.15) is 11.8 Å². The van der Waals surface area contributed by atoms with Crippen LogP contribution in [0.25, 0.3) is 0 Å². The van der Waals surface area contributed by atoms with Gasteiger partial charge in [0.15, 0.2) is 0 Å². The van der Waals surface area contributed by atoms with Gasteiger partial charge in [-0.05, 0) is 17.7 Å². The summed E-state index contributed by atoms with van der Waals surface area (Å²) >= 11 is 3.05. The summed E-state index contributed by atoms with van der Waals surface area (Å²) in [7, 11) is 0. The SMILES string of the molecule is CSCC(=O)N1CCN2C(=O)[C@H](Cc3cccs3)NC(=O)[C@@H]2C1. The van der Waals surface area contributed by atoms with E-state index in [1.165, 1.54) is 11.8 Å². The lowest BCUT2D eigenvalue weighted by atomic mass is 10.0. The molecule has 2 aliphatic heterocycles. The molecule has 0 bridgehead atoms. The monoisotopic (exact) mass is 353 g/mol. The third-order valence-corrected chi connectivity index (χ3v) is 5.62. The summed E-state index contributed by atoms with van der Waals surface area (Å²) in [5.74, 6) is 0.231. The van der Waals surface area contributed by atoms with E-state index in [0.717, 1.165) is 4.88 Å². The Morgan fingerprint density at radius 2 is 2.26 bits per heavy atom. The zero-order valence-electron chi connectivity index (χ0n) is 12.9. The normalized spacial score (nSPS) is 24.4. The molecule has 1 aromatic rings. The van der Waals surface area contributed by atoms with Crippen molar-refractivity contribution < 1.29 is 14.4 Å². The van der Waals surface area contributed by atoms with E-state index in [2.05, 4.69) is 5.32 Å². The van der Waals surface area contributed by atoms with Gasteiger partial charge in [0.05, 0.1) is 12.3 Å². The van der Waals surface area contributed by atoms with Crippen LogP contribution in [0.15, 0.2) is 17.5 Å². The number of rotatable bonds is 4. The van der Waals surface area contributed by atoms with Gasteiger partial charge in [0.2, 0.25) is 17.7 Å². The van der Waals surface area contributed by atoms with Crippen LogP contribution in [-0.2, 0) is 20.8 Å². The third-order valence-electron chi connectivity index (χ3n) is 4.19. The van der Waals surface area contributed by atoms with Crippen molar-refractivity contribution in [3.8, 4) is 0 Å². The van der Waals surface area contributed by atoms with Gasteiger partial charge in [-0.25, -0.2) is 0 Å². The molecule has 23 heavy (non-hydrogen) atoms. The first-order valence-corrected chi connectivity index (χ1v) is 9.77. The van der Waals surface area contributed by atoms with Crippen LogP contribution in [0.4, 0.5) is 0 Å². The summed E-state index contributed by atoms with van der Waals surface area (Å²) in [5.41, 5.74) is 0. The Bertz CT molecular complexity index is 605. The lowest BCUT2D eigenvalue weighted by Crippen LogP contribution is -2.70. The van der Waals surface area contributed by atoms with Gasteiger partial charge < -0.3 is 15.1 Å². The number of thioether (sulfide) groups is 1. The average Bonchev–Trinajstić information content (AvgIpc) is 3.05. The fourth-order valence-corrected chi connectivity index (χ4v) is 4.19. The summed E-state index contributed by atoms with van der Waals surface area (Å²) in [6.45, 7) is 1.22. The largest absolute Gasteiger partial charge is 0.342 e. The van der Waals surface area contributed by atoms with Gasteiger partial charge in [-0.15, -0.1) is 11.3 Å². The van der Waals surface area contributed by atoms with Gasteiger partial charge in [0, 0.05) is 24.4 Å². The van der Waals surface area contributed by atoms with Crippen LogP contribution < -0.4 is 5.32 Å². The highest BCUT2D eigenvalue weighted by Crippen LogP contribution is 2.20. The molecule has 1 aromatic heterocycles. The zero-order valence-corrected chi connectivity index (χ0v) is 14.5. The molecule has 3 heterocycles. The maximum Gasteiger partial charge on any atom is 0.246 e. The molecule has 0 spiro atoms. The maximum absolute atomic E-state index is 12.6. The molecule has 2 atom stereocenters. The summed E-state index contributed by atoms with van der Waals surface area (Å²) < 4.78 is 0. The van der Waals surface area contributed by atoms with Crippen LogP contribution in [0.2, 0.25) is 0 Å². The fourth-order valence-electron chi connectivity index (χ4n) is 3.01. The Hall–Kier alpha value is -1.54. The number of amides is 3. The molecule has 3 amide bonds. The van der Waals surface area contributed by atoms with Crippen molar-refractivity contribution in [2.75, 3.05) is 31.6 Å². The highest BCUT2D eigenvalue weighted by atomic mass is 32.2. The molecule has 8 heteroatoms. The van der Waals surface area contributed by atoms with E-state index in [1.54, 1.807) is 21.1 Å². The summed E-state index contributed by atoms with van der Waals surface area (Å²) in [5, 5.41) is 4.79. The van der Waals surface area contributed by atoms with Crippen molar-refractivity contribution >= 4 is 40.8 Å². The Morgan fingerprint density at radius 3 is 2.96 bits per heavy atom. The van der Waals surface area contributed by atoms with Gasteiger partial charge in [-0.3, -0.25) is 14.4 Å². The van der Waals surface area contributed by atoms with Gasteiger partial charge in [0.1, 0.15) is 12.1 Å². The van der Waals surface area contributed by atoms with Gasteiger partial charge >= 0.3 is 0 Å². The molecule has 3 rings (SSSR count). The van der Waals surface area contributed by atoms with Crippen molar-refractivity contribution in [2.45, 2.75) is 18.5 Å². The molecule has 0 aliphatic carbocycles. The number of carbonyl (C=O) groups excluding carboxylic acids is 3. The maximum atomic E-state index is 12.6. The summed E-state index contributed by atoms with van der Waals surface area (Å²) in [6.07, 6.45) is 2.40. The van der Waals surface area contributed by atoms with Crippen molar-refractivity contribution in [3.05, 3.63) is 22.4 Å². The molecule has 1 N–H and O–H groups in total. The van der Waals surface area contributed by atoms with Crippen LogP contribution in [-0.4, -0.2) is 71.2 Å². The van der Waals surface area contributed by atoms with E-state index in [4.69, 9.17) is 0 Å². The standard InChI is InChI=1S/C15H19N3O3S2/c1-22-9-13(19)17-4-5-18-12(8-17)14(20)16-11(15(18)21)7-10-3-2-6-23-10/h2-3,6,11-12H,4-5,7-9H2,1H3,(H,16,20)/t11-,12-/m0/s1. The number of fused-ring (bicyclic) bond motifs is 1. The van der Waals surface area contributed by atoms with E-state index in [-0.39, 0.29) is 17.7 Å². The highest BCUT2D eigenvalue weighted by molar-refractivity contribution is 7.99. The van der Waals surface area contributed by atoms with E-state index in [1.807, 2.05) is 23.8 Å². The molecular formula is C15H19N3O3S2. The van der Waals surface area contributed by atoms with Crippen LogP contribution in [0.5, 0.6) is 0 Å². The smallest absolute Gasteiger partial charge is 0.246 e. The minimum absolute atomic E-state index is 0.0260. The Kier molecular flexibility index (Phi) is 4.91. The number of nitrogens with one attached hydrogen (secondary N) is 1. The Labute approximate surface area is 143 Å². The molecule has 0 radical (unpaired) electrons. The second-order valence-electron chi connectivity index (χ2n) is 5.66. The summed E-state index contributed by atoms with van der Waals surface area (Å²) in [4.78, 5) is 41.4. The quantitative estimate of drug-likeness (QED) is 0.839. The molecule has 0 unspecified atom stereocenters. The molecule has 2 aliphatic rings. The van der Waals surface area contributed by atoms with E-state index < -0.39 is 12.1 Å². The molecule has 0 aromatic carbocycles. The van der Waals surface area contributed by atoms with E-state index in [9.17, 15) is 14.4 Å². The van der Waals surface area contributed by atoms with Crippen LogP contribution in [0.1, 0.15) is 4.88 Å². The number of piperazine rings is 2.